The van der Waals surface area contributed by atoms with Crippen LogP contribution in [0.2, 0.25) is 0 Å². The van der Waals surface area contributed by atoms with Gasteiger partial charge in [-0.3, -0.25) is 4.79 Å². The van der Waals surface area contributed by atoms with Crippen LogP contribution in [0.3, 0.4) is 0 Å². The molecule has 1 amide bonds. The van der Waals surface area contributed by atoms with Crippen molar-refractivity contribution in [3.05, 3.63) is 11.3 Å². The minimum Gasteiger partial charge on any atom is -0.369 e. The Bertz CT molecular complexity index is 433. The Morgan fingerprint density at radius 1 is 1.56 bits per heavy atom. The van der Waals surface area contributed by atoms with Gasteiger partial charge < -0.3 is 11.1 Å². The predicted octanol–water partition coefficient (Wildman–Crippen LogP) is 1.15. The van der Waals surface area contributed by atoms with Crippen molar-refractivity contribution in [2.45, 2.75) is 26.2 Å². The highest BCUT2D eigenvalue weighted by atomic mass is 31.1. The fourth-order valence-electron chi connectivity index (χ4n) is 1.80. The molecule has 0 aliphatic carbocycles. The van der Waals surface area contributed by atoms with E-state index in [0.29, 0.717) is 14.3 Å². The van der Waals surface area contributed by atoms with Crippen LogP contribution in [0.15, 0.2) is 0 Å². The van der Waals surface area contributed by atoms with Crippen LogP contribution in [0.4, 0.5) is 5.82 Å². The minimum atomic E-state index is -0.398. The van der Waals surface area contributed by atoms with Gasteiger partial charge in [-0.05, 0) is 0 Å². The Morgan fingerprint density at radius 3 is 2.81 bits per heavy atom. The molecule has 1 aromatic heterocycles. The summed E-state index contributed by atoms with van der Waals surface area (Å²) in [5.74, 6) is 0.396. The molecule has 5 nitrogen and oxygen atoms in total. The molecular weight excluding hydrogens is 223 g/mol. The van der Waals surface area contributed by atoms with Crippen LogP contribution in [-0.4, -0.2) is 28.2 Å². The van der Waals surface area contributed by atoms with Gasteiger partial charge in [0.2, 0.25) is 0 Å². The van der Waals surface area contributed by atoms with Gasteiger partial charge in [0, 0.05) is 26.9 Å². The summed E-state index contributed by atoms with van der Waals surface area (Å²) in [6, 6.07) is 0. The van der Waals surface area contributed by atoms with Crippen molar-refractivity contribution in [3.8, 4) is 0 Å². The van der Waals surface area contributed by atoms with Crippen molar-refractivity contribution in [2.75, 3.05) is 18.0 Å². The standard InChI is InChI=1S/C10H17N4OP/c1-10(2,3)7-6(8(11)15)9-12-4-5-16-14(9)13-7/h12,16H,4-5H2,1-3H3,(H2,11,15). The minimum absolute atomic E-state index is 0.166. The Hall–Kier alpha value is -1.09. The molecule has 3 N–H and O–H groups in total. The number of carbonyl (C=O) groups is 1. The molecule has 1 aromatic rings. The van der Waals surface area contributed by atoms with Crippen LogP contribution in [0.25, 0.3) is 0 Å². The topological polar surface area (TPSA) is 72.9 Å². The largest absolute Gasteiger partial charge is 0.369 e. The van der Waals surface area contributed by atoms with Crippen molar-refractivity contribution in [1.82, 2.24) is 9.55 Å². The zero-order chi connectivity index (χ0) is 11.9. The van der Waals surface area contributed by atoms with Gasteiger partial charge in [-0.1, -0.05) is 20.8 Å². The van der Waals surface area contributed by atoms with E-state index in [1.807, 2.05) is 25.2 Å². The molecule has 1 aliphatic heterocycles. The van der Waals surface area contributed by atoms with Crippen LogP contribution in [-0.2, 0) is 5.41 Å². The maximum Gasteiger partial charge on any atom is 0.254 e. The lowest BCUT2D eigenvalue weighted by atomic mass is 9.89. The number of nitrogens with one attached hydrogen (secondary N) is 1. The Morgan fingerprint density at radius 2 is 2.25 bits per heavy atom. The van der Waals surface area contributed by atoms with Crippen molar-refractivity contribution in [1.29, 1.82) is 0 Å². The molecule has 0 bridgehead atoms. The van der Waals surface area contributed by atoms with Crippen molar-refractivity contribution in [3.63, 3.8) is 0 Å². The highest BCUT2D eigenvalue weighted by Gasteiger charge is 2.30. The number of rotatable bonds is 1. The molecule has 0 saturated carbocycles. The van der Waals surface area contributed by atoms with E-state index in [2.05, 4.69) is 10.4 Å². The molecule has 1 unspecified atom stereocenters. The van der Waals surface area contributed by atoms with E-state index in [-0.39, 0.29) is 5.41 Å². The van der Waals surface area contributed by atoms with Gasteiger partial charge >= 0.3 is 0 Å². The second-order valence-electron chi connectivity index (χ2n) is 4.93. The molecule has 0 aromatic carbocycles. The SMILES string of the molecule is CC(C)(C)c1nn2c(c1C(N)=O)NCCP2. The first-order chi connectivity index (χ1) is 7.41. The van der Waals surface area contributed by atoms with E-state index in [0.717, 1.165) is 24.2 Å². The number of hydrogen-bond acceptors (Lipinski definition) is 3. The molecule has 2 rings (SSSR count). The van der Waals surface area contributed by atoms with Crippen LogP contribution in [0, 0.1) is 0 Å². The summed E-state index contributed by atoms with van der Waals surface area (Å²) in [6.45, 7) is 7.00. The normalized spacial score (nSPS) is 16.9. The highest BCUT2D eigenvalue weighted by molar-refractivity contribution is 7.36. The average molecular weight is 240 g/mol. The molecular formula is C10H17N4OP. The van der Waals surface area contributed by atoms with Gasteiger partial charge in [0.05, 0.1) is 5.69 Å². The summed E-state index contributed by atoms with van der Waals surface area (Å²) in [6.07, 6.45) is 1.05. The first kappa shape index (κ1) is 11.4. The highest BCUT2D eigenvalue weighted by Crippen LogP contribution is 2.35. The van der Waals surface area contributed by atoms with Crippen LogP contribution in [0.5, 0.6) is 0 Å². The summed E-state index contributed by atoms with van der Waals surface area (Å²) < 4.78 is 1.88. The molecule has 0 saturated heterocycles. The third-order valence-electron chi connectivity index (χ3n) is 2.52. The molecule has 6 heteroatoms. The van der Waals surface area contributed by atoms with Crippen LogP contribution in [0.1, 0.15) is 36.8 Å². The number of aromatic nitrogens is 2. The van der Waals surface area contributed by atoms with Crippen molar-refractivity contribution < 1.29 is 4.79 Å². The summed E-state index contributed by atoms with van der Waals surface area (Å²) in [5, 5.41) is 7.72. The molecule has 16 heavy (non-hydrogen) atoms. The lowest BCUT2D eigenvalue weighted by molar-refractivity contribution is 0.0999. The lowest BCUT2D eigenvalue weighted by Crippen LogP contribution is -2.22. The fourth-order valence-corrected chi connectivity index (χ4v) is 2.77. The molecule has 0 spiro atoms. The maximum atomic E-state index is 11.5. The number of carbonyl (C=O) groups excluding carboxylic acids is 1. The summed E-state index contributed by atoms with van der Waals surface area (Å²) >= 11 is 0. The zero-order valence-electron chi connectivity index (χ0n) is 9.79. The number of primary amides is 1. The molecule has 0 radical (unpaired) electrons. The molecule has 2 heterocycles. The maximum absolute atomic E-state index is 11.5. The van der Waals surface area contributed by atoms with E-state index in [4.69, 9.17) is 5.73 Å². The Balaban J connectivity index is 2.61. The monoisotopic (exact) mass is 240 g/mol. The molecule has 88 valence electrons. The van der Waals surface area contributed by atoms with Crippen LogP contribution < -0.4 is 11.1 Å². The fraction of sp³-hybridized carbons (Fsp3) is 0.600. The second-order valence-corrected chi connectivity index (χ2v) is 6.17. The van der Waals surface area contributed by atoms with Gasteiger partial charge in [0.15, 0.2) is 0 Å². The zero-order valence-corrected chi connectivity index (χ0v) is 10.8. The number of amides is 1. The molecule has 1 aliphatic rings. The quantitative estimate of drug-likeness (QED) is 0.723. The van der Waals surface area contributed by atoms with E-state index >= 15 is 0 Å². The Labute approximate surface area is 96.6 Å². The van der Waals surface area contributed by atoms with E-state index in [9.17, 15) is 4.79 Å². The predicted molar refractivity (Wildman–Crippen MR) is 66.5 cm³/mol. The van der Waals surface area contributed by atoms with Crippen molar-refractivity contribution in [2.24, 2.45) is 5.73 Å². The first-order valence-electron chi connectivity index (χ1n) is 5.32. The van der Waals surface area contributed by atoms with Crippen LogP contribution >= 0.6 is 8.73 Å². The Kier molecular flexibility index (Phi) is 2.66. The number of hydrogen-bond donors (Lipinski definition) is 2. The average Bonchev–Trinajstić information content (AvgIpc) is 2.55. The first-order valence-corrected chi connectivity index (χ1v) is 6.48. The molecule has 1 atom stereocenters. The van der Waals surface area contributed by atoms with E-state index in [1.165, 1.54) is 0 Å². The smallest absolute Gasteiger partial charge is 0.254 e. The lowest BCUT2D eigenvalue weighted by Gasteiger charge is -2.16. The number of anilines is 1. The second kappa shape index (κ2) is 3.74. The summed E-state index contributed by atoms with van der Waals surface area (Å²) in [5.41, 5.74) is 6.63. The van der Waals surface area contributed by atoms with E-state index in [1.54, 1.807) is 0 Å². The van der Waals surface area contributed by atoms with E-state index < -0.39 is 5.91 Å². The van der Waals surface area contributed by atoms with Gasteiger partial charge in [0.25, 0.3) is 5.91 Å². The molecule has 0 fully saturated rings. The third kappa shape index (κ3) is 1.80. The van der Waals surface area contributed by atoms with Gasteiger partial charge in [-0.2, -0.15) is 5.10 Å². The van der Waals surface area contributed by atoms with Gasteiger partial charge in [-0.15, -0.1) is 0 Å². The van der Waals surface area contributed by atoms with Crippen molar-refractivity contribution >= 4 is 20.5 Å². The van der Waals surface area contributed by atoms with Gasteiger partial charge in [0.1, 0.15) is 11.4 Å². The summed E-state index contributed by atoms with van der Waals surface area (Å²) in [4.78, 5) is 11.5. The summed E-state index contributed by atoms with van der Waals surface area (Å²) in [7, 11) is 0.597. The number of fused-ring (bicyclic) bond motifs is 1. The third-order valence-corrected chi connectivity index (χ3v) is 3.62. The van der Waals surface area contributed by atoms with Gasteiger partial charge in [-0.25, -0.2) is 4.45 Å². The number of nitrogens with two attached hydrogens (primary N) is 1. The number of nitrogens with zero attached hydrogens (tertiary/aromatic N) is 2.